The van der Waals surface area contributed by atoms with Crippen molar-refractivity contribution in [3.8, 4) is 11.8 Å². The number of anilines is 2. The van der Waals surface area contributed by atoms with Crippen LogP contribution in [0.5, 0.6) is 5.75 Å². The second-order valence-electron chi connectivity index (χ2n) is 6.03. The largest absolute Gasteiger partial charge is 0.495 e. The molecule has 0 aliphatic heterocycles. The van der Waals surface area contributed by atoms with E-state index in [2.05, 4.69) is 10.6 Å². The summed E-state index contributed by atoms with van der Waals surface area (Å²) >= 11 is 6.10. The fourth-order valence-corrected chi connectivity index (χ4v) is 2.78. The number of para-hydroxylation sites is 1. The zero-order chi connectivity index (χ0) is 20.0. The molecule has 0 fully saturated rings. The predicted molar refractivity (Wildman–Crippen MR) is 109 cm³/mol. The van der Waals surface area contributed by atoms with E-state index in [9.17, 15) is 10.1 Å². The van der Waals surface area contributed by atoms with Gasteiger partial charge >= 0.3 is 0 Å². The number of nitrogens with one attached hydrogen (secondary N) is 2. The van der Waals surface area contributed by atoms with E-state index in [4.69, 9.17) is 16.3 Å². The number of nitrogens with zero attached hydrogens (tertiary/aromatic N) is 1. The van der Waals surface area contributed by atoms with E-state index >= 15 is 0 Å². The number of hydrogen-bond donors (Lipinski definition) is 2. The number of carbonyl (C=O) groups is 1. The third-order valence-corrected chi connectivity index (χ3v) is 4.60. The van der Waals surface area contributed by atoms with E-state index in [1.54, 1.807) is 12.1 Å². The molecule has 0 unspecified atom stereocenters. The van der Waals surface area contributed by atoms with Crippen LogP contribution in [-0.4, -0.2) is 13.0 Å². The lowest BCUT2D eigenvalue weighted by molar-refractivity contribution is -0.112. The maximum atomic E-state index is 12.6. The zero-order valence-electron chi connectivity index (χ0n) is 15.8. The number of aryl methyl sites for hydroxylation is 3. The van der Waals surface area contributed by atoms with Crippen LogP contribution in [-0.2, 0) is 11.2 Å². The van der Waals surface area contributed by atoms with Gasteiger partial charge in [0, 0.05) is 23.0 Å². The number of rotatable bonds is 6. The number of ether oxygens (including phenoxy) is 1. The number of benzene rings is 2. The first-order valence-corrected chi connectivity index (χ1v) is 8.89. The lowest BCUT2D eigenvalue weighted by atomic mass is 10.1. The second kappa shape index (κ2) is 9.11. The molecule has 0 radical (unpaired) electrons. The summed E-state index contributed by atoms with van der Waals surface area (Å²) in [4.78, 5) is 12.6. The van der Waals surface area contributed by atoms with Crippen LogP contribution in [0.2, 0.25) is 5.02 Å². The minimum Gasteiger partial charge on any atom is -0.495 e. The third-order valence-electron chi connectivity index (χ3n) is 4.20. The van der Waals surface area contributed by atoms with E-state index in [0.717, 1.165) is 28.8 Å². The first-order valence-electron chi connectivity index (χ1n) is 8.52. The van der Waals surface area contributed by atoms with Crippen molar-refractivity contribution in [2.75, 3.05) is 17.7 Å². The lowest BCUT2D eigenvalue weighted by Gasteiger charge is -2.13. The molecule has 0 heterocycles. The van der Waals surface area contributed by atoms with Crippen LogP contribution >= 0.6 is 11.6 Å². The molecule has 1 amide bonds. The van der Waals surface area contributed by atoms with Crippen molar-refractivity contribution in [1.29, 1.82) is 5.26 Å². The monoisotopic (exact) mass is 383 g/mol. The van der Waals surface area contributed by atoms with Gasteiger partial charge in [-0.2, -0.15) is 5.26 Å². The Morgan fingerprint density at radius 1 is 1.30 bits per heavy atom. The molecule has 0 aliphatic rings. The van der Waals surface area contributed by atoms with Crippen LogP contribution in [0.25, 0.3) is 0 Å². The molecule has 0 spiro atoms. The summed E-state index contributed by atoms with van der Waals surface area (Å²) in [6, 6.07) is 11.2. The maximum absolute atomic E-state index is 12.6. The SMILES string of the molecule is CCc1cccc(C)c1NC(=O)/C(C#N)=C\Nc1cc(C)c(Cl)cc1OC. The molecule has 0 aliphatic carbocycles. The molecule has 2 aromatic rings. The minimum absolute atomic E-state index is 0.0463. The fraction of sp³-hybridized carbons (Fsp3) is 0.238. The standard InChI is InChI=1S/C21H22ClN3O2/c1-5-15-8-6-7-13(2)20(15)25-21(26)16(11-23)12-24-18-9-14(3)17(22)10-19(18)27-4/h6-10,12,24H,5H2,1-4H3,(H,25,26)/b16-12-. The molecule has 5 nitrogen and oxygen atoms in total. The minimum atomic E-state index is -0.473. The second-order valence-corrected chi connectivity index (χ2v) is 6.44. The van der Waals surface area contributed by atoms with E-state index in [-0.39, 0.29) is 5.57 Å². The van der Waals surface area contributed by atoms with Gasteiger partial charge in [-0.05, 0) is 43.0 Å². The van der Waals surface area contributed by atoms with Crippen LogP contribution in [0.4, 0.5) is 11.4 Å². The summed E-state index contributed by atoms with van der Waals surface area (Å²) in [5.74, 6) is 0.0466. The number of nitriles is 1. The Bertz CT molecular complexity index is 930. The molecule has 0 saturated heterocycles. The van der Waals surface area contributed by atoms with Gasteiger partial charge in [0.1, 0.15) is 17.4 Å². The molecule has 6 heteroatoms. The van der Waals surface area contributed by atoms with Gasteiger partial charge < -0.3 is 15.4 Å². The van der Waals surface area contributed by atoms with Crippen molar-refractivity contribution in [3.05, 3.63) is 63.8 Å². The molecular weight excluding hydrogens is 362 g/mol. The van der Waals surface area contributed by atoms with Crippen molar-refractivity contribution in [2.45, 2.75) is 27.2 Å². The number of carbonyl (C=O) groups excluding carboxylic acids is 1. The normalized spacial score (nSPS) is 10.9. The third kappa shape index (κ3) is 4.81. The topological polar surface area (TPSA) is 74.2 Å². The van der Waals surface area contributed by atoms with Crippen LogP contribution in [0.15, 0.2) is 42.1 Å². The maximum Gasteiger partial charge on any atom is 0.267 e. The van der Waals surface area contributed by atoms with Gasteiger partial charge in [-0.15, -0.1) is 0 Å². The summed E-state index contributed by atoms with van der Waals surface area (Å²) < 4.78 is 5.29. The van der Waals surface area contributed by atoms with E-state index < -0.39 is 5.91 Å². The van der Waals surface area contributed by atoms with Gasteiger partial charge in [0.15, 0.2) is 0 Å². The lowest BCUT2D eigenvalue weighted by Crippen LogP contribution is -2.16. The van der Waals surface area contributed by atoms with E-state index in [0.29, 0.717) is 16.5 Å². The van der Waals surface area contributed by atoms with Crippen molar-refractivity contribution >= 4 is 28.9 Å². The number of hydrogen-bond acceptors (Lipinski definition) is 4. The highest BCUT2D eigenvalue weighted by molar-refractivity contribution is 6.31. The molecule has 2 rings (SSSR count). The van der Waals surface area contributed by atoms with Crippen LogP contribution < -0.4 is 15.4 Å². The Morgan fingerprint density at radius 2 is 2.04 bits per heavy atom. The Kier molecular flexibility index (Phi) is 6.86. The van der Waals surface area contributed by atoms with Crippen LogP contribution in [0.1, 0.15) is 23.6 Å². The molecule has 0 atom stereocenters. The first kappa shape index (κ1) is 20.3. The average Bonchev–Trinajstić information content (AvgIpc) is 2.66. The van der Waals surface area contributed by atoms with Gasteiger partial charge in [-0.1, -0.05) is 36.7 Å². The number of amides is 1. The summed E-state index contributed by atoms with van der Waals surface area (Å²) in [6.07, 6.45) is 2.15. The highest BCUT2D eigenvalue weighted by Crippen LogP contribution is 2.31. The first-order chi connectivity index (χ1) is 12.9. The van der Waals surface area contributed by atoms with Crippen LogP contribution in [0.3, 0.4) is 0 Å². The zero-order valence-corrected chi connectivity index (χ0v) is 16.6. The molecule has 0 aromatic heterocycles. The summed E-state index contributed by atoms with van der Waals surface area (Å²) in [7, 11) is 1.53. The summed E-state index contributed by atoms with van der Waals surface area (Å²) in [5.41, 5.74) is 4.13. The van der Waals surface area contributed by atoms with Gasteiger partial charge in [0.2, 0.25) is 0 Å². The highest BCUT2D eigenvalue weighted by atomic mass is 35.5. The van der Waals surface area contributed by atoms with Gasteiger partial charge in [-0.3, -0.25) is 4.79 Å². The Hall–Kier alpha value is -2.97. The van der Waals surface area contributed by atoms with E-state index in [1.807, 2.05) is 45.0 Å². The Balaban J connectivity index is 2.26. The molecule has 140 valence electrons. The summed E-state index contributed by atoms with van der Waals surface area (Å²) in [5, 5.41) is 15.8. The van der Waals surface area contributed by atoms with Crippen molar-refractivity contribution in [3.63, 3.8) is 0 Å². The number of methoxy groups -OCH3 is 1. The van der Waals surface area contributed by atoms with Crippen molar-refractivity contribution < 1.29 is 9.53 Å². The van der Waals surface area contributed by atoms with Crippen molar-refractivity contribution in [1.82, 2.24) is 0 Å². The predicted octanol–water partition coefficient (Wildman–Crippen LogP) is 4.99. The molecule has 0 bridgehead atoms. The number of halogens is 1. The van der Waals surface area contributed by atoms with Crippen molar-refractivity contribution in [2.24, 2.45) is 0 Å². The smallest absolute Gasteiger partial charge is 0.267 e. The van der Waals surface area contributed by atoms with Crippen LogP contribution in [0, 0.1) is 25.2 Å². The molecule has 2 N–H and O–H groups in total. The van der Waals surface area contributed by atoms with Gasteiger partial charge in [0.05, 0.1) is 12.8 Å². The van der Waals surface area contributed by atoms with E-state index in [1.165, 1.54) is 13.3 Å². The Labute approximate surface area is 164 Å². The van der Waals surface area contributed by atoms with Gasteiger partial charge in [-0.25, -0.2) is 0 Å². The quantitative estimate of drug-likeness (QED) is 0.544. The average molecular weight is 384 g/mol. The molecule has 2 aromatic carbocycles. The summed E-state index contributed by atoms with van der Waals surface area (Å²) in [6.45, 7) is 5.80. The fourth-order valence-electron chi connectivity index (χ4n) is 2.63. The molecule has 27 heavy (non-hydrogen) atoms. The molecule has 0 saturated carbocycles. The highest BCUT2D eigenvalue weighted by Gasteiger charge is 2.14. The Morgan fingerprint density at radius 3 is 2.67 bits per heavy atom. The van der Waals surface area contributed by atoms with Gasteiger partial charge in [0.25, 0.3) is 5.91 Å². The molecular formula is C21H22ClN3O2.